The van der Waals surface area contributed by atoms with Gasteiger partial charge in [0.25, 0.3) is 0 Å². The van der Waals surface area contributed by atoms with E-state index >= 15 is 0 Å². The number of unbranched alkanes of at least 4 members (excludes halogenated alkanes) is 3. The molecule has 0 spiro atoms. The number of fused-ring (bicyclic) bond motifs is 1. The van der Waals surface area contributed by atoms with Gasteiger partial charge in [-0.1, -0.05) is 37.8 Å². The fraction of sp³-hybridized carbons (Fsp3) is 0.565. The molecule has 1 aliphatic heterocycles. The largest absolute Gasteiger partial charge is 0.507 e. The smallest absolute Gasteiger partial charge is 0.342 e. The average molecular weight is 421 g/mol. The maximum absolute atomic E-state index is 12.0. The lowest BCUT2D eigenvalue weighted by Gasteiger charge is -2.15. The summed E-state index contributed by atoms with van der Waals surface area (Å²) in [5, 5.41) is 11.3. The zero-order chi connectivity index (χ0) is 21.4. The van der Waals surface area contributed by atoms with Crippen molar-refractivity contribution in [3.8, 4) is 11.5 Å². The number of allylic oxidation sites excluding steroid dienone is 2. The molecule has 0 fully saturated rings. The Morgan fingerprint density at radius 2 is 2.03 bits per heavy atom. The van der Waals surface area contributed by atoms with Crippen LogP contribution in [0.5, 0.6) is 11.5 Å². The van der Waals surface area contributed by atoms with E-state index in [0.29, 0.717) is 41.4 Å². The summed E-state index contributed by atoms with van der Waals surface area (Å²) < 4.78 is 16.2. The van der Waals surface area contributed by atoms with Crippen LogP contribution in [0.2, 0.25) is 0 Å². The number of carbonyl (C=O) groups excluding carboxylic acids is 1. The van der Waals surface area contributed by atoms with Gasteiger partial charge in [0.05, 0.1) is 13.7 Å². The number of cyclic esters (lactones) is 1. The van der Waals surface area contributed by atoms with Crippen molar-refractivity contribution in [3.05, 3.63) is 33.9 Å². The van der Waals surface area contributed by atoms with Gasteiger partial charge < -0.3 is 19.3 Å². The van der Waals surface area contributed by atoms with E-state index in [1.807, 2.05) is 19.9 Å². The van der Waals surface area contributed by atoms with Crippen molar-refractivity contribution in [2.24, 2.45) is 0 Å². The van der Waals surface area contributed by atoms with Gasteiger partial charge in [-0.15, -0.1) is 0 Å². The number of benzene rings is 1. The molecule has 0 aromatic heterocycles. The molecule has 160 valence electrons. The Kier molecular flexibility index (Phi) is 8.96. The van der Waals surface area contributed by atoms with Crippen molar-refractivity contribution in [2.75, 3.05) is 13.7 Å². The monoisotopic (exact) mass is 420 g/mol. The van der Waals surface area contributed by atoms with Gasteiger partial charge in [-0.05, 0) is 50.9 Å². The van der Waals surface area contributed by atoms with Crippen LogP contribution < -0.4 is 4.74 Å². The zero-order valence-corrected chi connectivity index (χ0v) is 18.7. The van der Waals surface area contributed by atoms with Gasteiger partial charge in [0.1, 0.15) is 23.7 Å². The number of thiocarbonyl (C=S) groups is 1. The Bertz CT molecular complexity index is 782. The van der Waals surface area contributed by atoms with Crippen molar-refractivity contribution in [1.82, 2.24) is 0 Å². The van der Waals surface area contributed by atoms with E-state index in [-0.39, 0.29) is 17.9 Å². The first-order chi connectivity index (χ1) is 13.9. The Morgan fingerprint density at radius 1 is 1.28 bits per heavy atom. The SMILES string of the molecule is CCCCCCOC(=S)CC/C(C)=C/Cc1c(O)c2c(c(C)c1OC)COC2=O. The van der Waals surface area contributed by atoms with Crippen molar-refractivity contribution in [2.45, 2.75) is 72.3 Å². The molecule has 0 radical (unpaired) electrons. The molecule has 0 saturated heterocycles. The summed E-state index contributed by atoms with van der Waals surface area (Å²) in [5.41, 5.74) is 3.56. The molecule has 5 nitrogen and oxygen atoms in total. The number of methoxy groups -OCH3 is 1. The normalized spacial score (nSPS) is 13.2. The molecule has 29 heavy (non-hydrogen) atoms. The summed E-state index contributed by atoms with van der Waals surface area (Å²) in [6, 6.07) is 0. The van der Waals surface area contributed by atoms with Crippen LogP contribution in [0, 0.1) is 6.92 Å². The van der Waals surface area contributed by atoms with Crippen LogP contribution in [0.4, 0.5) is 0 Å². The van der Waals surface area contributed by atoms with Crippen LogP contribution in [0.1, 0.15) is 79.4 Å². The Labute approximate surface area is 179 Å². The van der Waals surface area contributed by atoms with Gasteiger partial charge in [-0.3, -0.25) is 0 Å². The molecule has 6 heteroatoms. The van der Waals surface area contributed by atoms with Gasteiger partial charge >= 0.3 is 5.97 Å². The number of phenolic OH excluding ortho intramolecular Hbond substituents is 1. The molecule has 1 aliphatic rings. The Balaban J connectivity index is 1.97. The van der Waals surface area contributed by atoms with Crippen LogP contribution in [-0.2, 0) is 22.5 Å². The van der Waals surface area contributed by atoms with Crippen LogP contribution in [0.15, 0.2) is 11.6 Å². The summed E-state index contributed by atoms with van der Waals surface area (Å²) in [6.45, 7) is 6.97. The lowest BCUT2D eigenvalue weighted by Crippen LogP contribution is -2.04. The van der Waals surface area contributed by atoms with Crippen LogP contribution in [-0.4, -0.2) is 29.8 Å². The van der Waals surface area contributed by atoms with Crippen molar-refractivity contribution >= 4 is 23.2 Å². The molecule has 0 saturated carbocycles. The van der Waals surface area contributed by atoms with Gasteiger partial charge in [0.2, 0.25) is 0 Å². The first kappa shape index (κ1) is 23.2. The molecule has 2 rings (SSSR count). The lowest BCUT2D eigenvalue weighted by molar-refractivity contribution is 0.0533. The summed E-state index contributed by atoms with van der Waals surface area (Å²) in [5.74, 6) is 0.0844. The maximum atomic E-state index is 12.0. The molecule has 0 amide bonds. The number of rotatable bonds is 11. The van der Waals surface area contributed by atoms with E-state index in [1.54, 1.807) is 7.11 Å². The Hall–Kier alpha value is -2.08. The van der Waals surface area contributed by atoms with Crippen LogP contribution in [0.3, 0.4) is 0 Å². The topological polar surface area (TPSA) is 65.0 Å². The molecule has 0 aliphatic carbocycles. The van der Waals surface area contributed by atoms with Gasteiger partial charge in [-0.2, -0.15) is 0 Å². The second kappa shape index (κ2) is 11.2. The molecular weight excluding hydrogens is 388 g/mol. The Morgan fingerprint density at radius 3 is 2.72 bits per heavy atom. The first-order valence-corrected chi connectivity index (χ1v) is 10.7. The third-order valence-corrected chi connectivity index (χ3v) is 5.61. The predicted octanol–water partition coefficient (Wildman–Crippen LogP) is 5.57. The molecule has 1 aromatic carbocycles. The number of hydrogen-bond donors (Lipinski definition) is 1. The third kappa shape index (κ3) is 5.95. The fourth-order valence-electron chi connectivity index (χ4n) is 3.49. The number of aromatic hydroxyl groups is 1. The molecule has 0 unspecified atom stereocenters. The highest BCUT2D eigenvalue weighted by Gasteiger charge is 2.31. The minimum absolute atomic E-state index is 0.0417. The molecule has 1 heterocycles. The highest BCUT2D eigenvalue weighted by molar-refractivity contribution is 7.80. The molecule has 1 N–H and O–H groups in total. The van der Waals surface area contributed by atoms with Crippen molar-refractivity contribution in [3.63, 3.8) is 0 Å². The zero-order valence-electron chi connectivity index (χ0n) is 17.9. The van der Waals surface area contributed by atoms with E-state index in [9.17, 15) is 9.90 Å². The average Bonchev–Trinajstić information content (AvgIpc) is 3.09. The van der Waals surface area contributed by atoms with E-state index in [0.717, 1.165) is 24.0 Å². The molecule has 0 bridgehead atoms. The number of phenols is 1. The molecule has 1 aromatic rings. The summed E-state index contributed by atoms with van der Waals surface area (Å²) >= 11 is 5.31. The minimum atomic E-state index is -0.480. The third-order valence-electron chi connectivity index (χ3n) is 5.29. The van der Waals surface area contributed by atoms with E-state index in [2.05, 4.69) is 6.92 Å². The highest BCUT2D eigenvalue weighted by atomic mass is 32.1. The summed E-state index contributed by atoms with van der Waals surface area (Å²) in [6.07, 6.45) is 8.65. The van der Waals surface area contributed by atoms with Crippen molar-refractivity contribution in [1.29, 1.82) is 0 Å². The minimum Gasteiger partial charge on any atom is -0.507 e. The predicted molar refractivity (Wildman–Crippen MR) is 118 cm³/mol. The quantitative estimate of drug-likeness (QED) is 0.218. The van der Waals surface area contributed by atoms with Crippen molar-refractivity contribution < 1.29 is 24.1 Å². The number of carbonyl (C=O) groups is 1. The fourth-order valence-corrected chi connectivity index (χ4v) is 3.68. The van der Waals surface area contributed by atoms with Gasteiger partial charge in [-0.25, -0.2) is 4.79 Å². The van der Waals surface area contributed by atoms with Crippen LogP contribution >= 0.6 is 12.2 Å². The van der Waals surface area contributed by atoms with E-state index < -0.39 is 5.97 Å². The second-order valence-corrected chi connectivity index (χ2v) is 7.91. The number of esters is 1. The first-order valence-electron chi connectivity index (χ1n) is 10.3. The van der Waals surface area contributed by atoms with Gasteiger partial charge in [0, 0.05) is 17.5 Å². The van der Waals surface area contributed by atoms with Gasteiger partial charge in [0.15, 0.2) is 5.05 Å². The molecule has 0 atom stereocenters. The maximum Gasteiger partial charge on any atom is 0.342 e. The second-order valence-electron chi connectivity index (χ2n) is 7.45. The van der Waals surface area contributed by atoms with E-state index in [1.165, 1.54) is 19.3 Å². The van der Waals surface area contributed by atoms with Crippen LogP contribution in [0.25, 0.3) is 0 Å². The molecular formula is C23H32O5S. The standard InChI is InChI=1S/C23H32O5S/c1-5-6-7-8-13-27-19(29)12-10-15(2)9-11-17-21(24)20-18(14-28-23(20)25)16(3)22(17)26-4/h9,24H,5-8,10-14H2,1-4H3/b15-9+. The number of hydrogen-bond acceptors (Lipinski definition) is 6. The van der Waals surface area contributed by atoms with E-state index in [4.69, 9.17) is 26.4 Å². The lowest BCUT2D eigenvalue weighted by atomic mass is 9.94. The highest BCUT2D eigenvalue weighted by Crippen LogP contribution is 2.42. The summed E-state index contributed by atoms with van der Waals surface area (Å²) in [7, 11) is 1.57. The summed E-state index contributed by atoms with van der Waals surface area (Å²) in [4.78, 5) is 12.0. The number of ether oxygens (including phenoxy) is 3.